The van der Waals surface area contributed by atoms with Crippen LogP contribution in [0.15, 0.2) is 47.4 Å². The van der Waals surface area contributed by atoms with Crippen LogP contribution in [-0.2, 0) is 9.53 Å². The first-order valence-corrected chi connectivity index (χ1v) is 12.2. The van der Waals surface area contributed by atoms with Crippen molar-refractivity contribution in [3.8, 4) is 0 Å². The lowest BCUT2D eigenvalue weighted by molar-refractivity contribution is -0.118. The van der Waals surface area contributed by atoms with Gasteiger partial charge in [-0.15, -0.1) is 11.8 Å². The van der Waals surface area contributed by atoms with Gasteiger partial charge in [0.05, 0.1) is 23.4 Å². The van der Waals surface area contributed by atoms with Crippen molar-refractivity contribution >= 4 is 44.4 Å². The van der Waals surface area contributed by atoms with E-state index in [1.165, 1.54) is 17.7 Å². The fraction of sp³-hybridized carbons (Fsp3) is 0.391. The normalized spacial score (nSPS) is 14.8. The minimum Gasteiger partial charge on any atom is -0.379 e. The summed E-state index contributed by atoms with van der Waals surface area (Å²) < 4.78 is 19.6. The van der Waals surface area contributed by atoms with E-state index in [-0.39, 0.29) is 11.7 Å². The van der Waals surface area contributed by atoms with Crippen LogP contribution in [0.3, 0.4) is 0 Å². The van der Waals surface area contributed by atoms with Crippen LogP contribution in [-0.4, -0.2) is 60.9 Å². The van der Waals surface area contributed by atoms with E-state index in [4.69, 9.17) is 9.72 Å². The van der Waals surface area contributed by atoms with E-state index in [0.29, 0.717) is 18.7 Å². The Labute approximate surface area is 190 Å². The molecule has 0 atom stereocenters. The maximum Gasteiger partial charge on any atom is 0.229 e. The first-order chi connectivity index (χ1) is 15.1. The number of hydrogen-bond donors (Lipinski definition) is 0. The van der Waals surface area contributed by atoms with Gasteiger partial charge < -0.3 is 4.74 Å². The maximum atomic E-state index is 13.2. The average Bonchev–Trinajstić information content (AvgIpc) is 3.19. The fourth-order valence-electron chi connectivity index (χ4n) is 3.45. The van der Waals surface area contributed by atoms with E-state index >= 15 is 0 Å². The SMILES string of the molecule is Cc1ccc2nc(N(CCN3CCOCC3)C(=O)CCSc3ccc(F)cc3)sc2c1. The molecule has 0 saturated carbocycles. The molecule has 0 N–H and O–H groups in total. The number of anilines is 1. The van der Waals surface area contributed by atoms with Gasteiger partial charge >= 0.3 is 0 Å². The molecule has 5 nitrogen and oxygen atoms in total. The summed E-state index contributed by atoms with van der Waals surface area (Å²) >= 11 is 3.13. The van der Waals surface area contributed by atoms with Crippen LogP contribution in [0.1, 0.15) is 12.0 Å². The zero-order chi connectivity index (χ0) is 21.6. The van der Waals surface area contributed by atoms with Gasteiger partial charge in [0, 0.05) is 43.2 Å². The number of carbonyl (C=O) groups excluding carboxylic acids is 1. The fourth-order valence-corrected chi connectivity index (χ4v) is 5.40. The summed E-state index contributed by atoms with van der Waals surface area (Å²) in [5.41, 5.74) is 2.11. The van der Waals surface area contributed by atoms with Crippen LogP contribution in [0.2, 0.25) is 0 Å². The second kappa shape index (κ2) is 10.5. The van der Waals surface area contributed by atoms with Gasteiger partial charge in [-0.25, -0.2) is 9.37 Å². The van der Waals surface area contributed by atoms with Gasteiger partial charge in [0.1, 0.15) is 5.82 Å². The molecule has 2 heterocycles. The molecule has 0 spiro atoms. The Balaban J connectivity index is 1.44. The molecule has 8 heteroatoms. The third kappa shape index (κ3) is 6.04. The predicted molar refractivity (Wildman–Crippen MR) is 126 cm³/mol. The number of aryl methyl sites for hydroxylation is 1. The molecule has 0 bridgehead atoms. The molecule has 164 valence electrons. The zero-order valence-electron chi connectivity index (χ0n) is 17.6. The Hall–Kier alpha value is -2.00. The van der Waals surface area contributed by atoms with Gasteiger partial charge in [-0.05, 0) is 48.9 Å². The molecular formula is C23H26FN3O2S2. The standard InChI is InChI=1S/C23H26FN3O2S2/c1-17-2-7-20-21(16-17)31-23(25-20)27(10-9-26-11-13-29-14-12-26)22(28)8-15-30-19-5-3-18(24)4-6-19/h2-7,16H,8-15H2,1H3. The second-order valence-electron chi connectivity index (χ2n) is 7.52. The summed E-state index contributed by atoms with van der Waals surface area (Å²) in [5.74, 6) is 0.460. The number of fused-ring (bicyclic) bond motifs is 1. The molecule has 1 amide bonds. The highest BCUT2D eigenvalue weighted by Gasteiger charge is 2.21. The number of nitrogens with zero attached hydrogens (tertiary/aromatic N) is 3. The van der Waals surface area contributed by atoms with Crippen LogP contribution >= 0.6 is 23.1 Å². The van der Waals surface area contributed by atoms with Crippen molar-refractivity contribution in [1.29, 1.82) is 0 Å². The average molecular weight is 460 g/mol. The molecule has 31 heavy (non-hydrogen) atoms. The minimum absolute atomic E-state index is 0.0682. The number of rotatable bonds is 8. The highest BCUT2D eigenvalue weighted by Crippen LogP contribution is 2.30. The molecular weight excluding hydrogens is 433 g/mol. The number of halogens is 1. The molecule has 1 fully saturated rings. The smallest absolute Gasteiger partial charge is 0.229 e. The summed E-state index contributed by atoms with van der Waals surface area (Å²) in [5, 5.41) is 0.755. The van der Waals surface area contributed by atoms with Crippen molar-refractivity contribution in [2.75, 3.05) is 50.0 Å². The van der Waals surface area contributed by atoms with E-state index in [2.05, 4.69) is 17.9 Å². The lowest BCUT2D eigenvalue weighted by Gasteiger charge is -2.29. The summed E-state index contributed by atoms with van der Waals surface area (Å²) in [6, 6.07) is 12.6. The number of hydrogen-bond acceptors (Lipinski definition) is 6. The van der Waals surface area contributed by atoms with Crippen LogP contribution in [0, 0.1) is 12.7 Å². The Kier molecular flexibility index (Phi) is 7.55. The molecule has 0 aliphatic carbocycles. The van der Waals surface area contributed by atoms with Gasteiger partial charge in [-0.1, -0.05) is 17.4 Å². The number of thioether (sulfide) groups is 1. The number of ether oxygens (including phenoxy) is 1. The second-order valence-corrected chi connectivity index (χ2v) is 9.70. The van der Waals surface area contributed by atoms with Crippen LogP contribution in [0.4, 0.5) is 9.52 Å². The first-order valence-electron chi connectivity index (χ1n) is 10.4. The van der Waals surface area contributed by atoms with Crippen LogP contribution in [0.25, 0.3) is 10.2 Å². The summed E-state index contributed by atoms with van der Waals surface area (Å²) in [6.07, 6.45) is 0.403. The van der Waals surface area contributed by atoms with Crippen molar-refractivity contribution in [2.45, 2.75) is 18.2 Å². The van der Waals surface area contributed by atoms with E-state index in [1.54, 1.807) is 35.2 Å². The third-order valence-corrected chi connectivity index (χ3v) is 7.26. The van der Waals surface area contributed by atoms with Crippen molar-refractivity contribution in [3.05, 3.63) is 53.8 Å². The van der Waals surface area contributed by atoms with Crippen molar-refractivity contribution in [2.24, 2.45) is 0 Å². The number of morpholine rings is 1. The summed E-state index contributed by atoms with van der Waals surface area (Å²) in [7, 11) is 0. The molecule has 0 radical (unpaired) electrons. The molecule has 0 unspecified atom stereocenters. The van der Waals surface area contributed by atoms with Gasteiger partial charge in [0.25, 0.3) is 0 Å². The quantitative estimate of drug-likeness (QED) is 0.461. The topological polar surface area (TPSA) is 45.7 Å². The van der Waals surface area contributed by atoms with Crippen LogP contribution < -0.4 is 4.90 Å². The van der Waals surface area contributed by atoms with Crippen LogP contribution in [0.5, 0.6) is 0 Å². The van der Waals surface area contributed by atoms with Gasteiger partial charge in [-0.3, -0.25) is 14.6 Å². The maximum absolute atomic E-state index is 13.2. The molecule has 1 aromatic heterocycles. The number of carbonyl (C=O) groups is 1. The number of aromatic nitrogens is 1. The van der Waals surface area contributed by atoms with Gasteiger partial charge in [0.15, 0.2) is 5.13 Å². The minimum atomic E-state index is -0.249. The van der Waals surface area contributed by atoms with Crippen molar-refractivity contribution in [3.63, 3.8) is 0 Å². The van der Waals surface area contributed by atoms with E-state index in [0.717, 1.165) is 53.1 Å². The van der Waals surface area contributed by atoms with Crippen molar-refractivity contribution < 1.29 is 13.9 Å². The molecule has 3 aromatic rings. The molecule has 1 aliphatic rings. The van der Waals surface area contributed by atoms with E-state index < -0.39 is 0 Å². The highest BCUT2D eigenvalue weighted by molar-refractivity contribution is 7.99. The summed E-state index contributed by atoms with van der Waals surface area (Å²) in [6.45, 7) is 6.73. The Bertz CT molecular complexity index is 1020. The lowest BCUT2D eigenvalue weighted by atomic mass is 10.2. The monoisotopic (exact) mass is 459 g/mol. The molecule has 1 saturated heterocycles. The molecule has 1 aliphatic heterocycles. The van der Waals surface area contributed by atoms with E-state index in [1.807, 2.05) is 17.0 Å². The van der Waals surface area contributed by atoms with Gasteiger partial charge in [0.2, 0.25) is 5.91 Å². The highest BCUT2D eigenvalue weighted by atomic mass is 32.2. The Morgan fingerprint density at radius 2 is 2.00 bits per heavy atom. The lowest BCUT2D eigenvalue weighted by Crippen LogP contribution is -2.43. The third-order valence-electron chi connectivity index (χ3n) is 5.21. The number of amides is 1. The van der Waals surface area contributed by atoms with Crippen molar-refractivity contribution in [1.82, 2.24) is 9.88 Å². The summed E-state index contributed by atoms with van der Waals surface area (Å²) in [4.78, 5) is 23.1. The number of thiazole rings is 1. The zero-order valence-corrected chi connectivity index (χ0v) is 19.2. The first kappa shape index (κ1) is 22.2. The Morgan fingerprint density at radius 3 is 2.77 bits per heavy atom. The van der Waals surface area contributed by atoms with Gasteiger partial charge in [-0.2, -0.15) is 0 Å². The largest absolute Gasteiger partial charge is 0.379 e. The molecule has 2 aromatic carbocycles. The molecule has 4 rings (SSSR count). The Morgan fingerprint density at radius 1 is 1.23 bits per heavy atom. The van der Waals surface area contributed by atoms with E-state index in [9.17, 15) is 9.18 Å². The number of benzene rings is 2. The predicted octanol–water partition coefficient (Wildman–Crippen LogP) is 4.59.